The largest absolute Gasteiger partial charge is 0.514 e. The number of hydrogen-bond acceptors (Lipinski definition) is 9. The number of amides is 1. The minimum absolute atomic E-state index is 0.00836. The first-order valence-corrected chi connectivity index (χ1v) is 21.3. The molecule has 0 saturated heterocycles. The molecule has 64 heavy (non-hydrogen) atoms. The highest BCUT2D eigenvalue weighted by Crippen LogP contribution is 2.47. The number of aliphatic hydroxyl groups excluding tert-OH is 1. The van der Waals surface area contributed by atoms with Crippen LogP contribution in [0.5, 0.6) is 11.5 Å². The number of hydrogen-bond donors (Lipinski definition) is 1. The molecule has 1 N–H and O–H groups in total. The Kier molecular flexibility index (Phi) is 10.9. The highest BCUT2D eigenvalue weighted by atomic mass is 16.7. The second-order valence-electron chi connectivity index (χ2n) is 16.2. The molecule has 318 valence electrons. The molecule has 1 amide bonds. The second-order valence-corrected chi connectivity index (χ2v) is 16.2. The van der Waals surface area contributed by atoms with Gasteiger partial charge in [-0.05, 0) is 84.5 Å². The van der Waals surface area contributed by atoms with Gasteiger partial charge in [-0.2, -0.15) is 0 Å². The van der Waals surface area contributed by atoms with Gasteiger partial charge in [-0.1, -0.05) is 152 Å². The van der Waals surface area contributed by atoms with Crippen LogP contribution in [0.4, 0.5) is 14.4 Å². The summed E-state index contributed by atoms with van der Waals surface area (Å²) in [7, 11) is 1.53. The average Bonchev–Trinajstić information content (AvgIpc) is 3.95. The maximum Gasteiger partial charge on any atom is 0.514 e. The fourth-order valence-corrected chi connectivity index (χ4v) is 9.46. The maximum absolute atomic E-state index is 13.5. The van der Waals surface area contributed by atoms with Crippen molar-refractivity contribution < 1.29 is 43.2 Å². The van der Waals surface area contributed by atoms with Crippen molar-refractivity contribution in [3.05, 3.63) is 203 Å². The van der Waals surface area contributed by atoms with Gasteiger partial charge < -0.3 is 33.7 Å². The third kappa shape index (κ3) is 7.62. The van der Waals surface area contributed by atoms with E-state index in [4.69, 9.17) is 23.7 Å². The Bertz CT molecular complexity index is 2790. The number of carbonyl (C=O) groups is 3. The lowest BCUT2D eigenvalue weighted by Gasteiger charge is -2.23. The van der Waals surface area contributed by atoms with Crippen LogP contribution in [0, 0.1) is 0 Å². The molecular weight excluding hydrogens is 807 g/mol. The molecule has 7 aromatic carbocycles. The summed E-state index contributed by atoms with van der Waals surface area (Å²) in [5, 5.41) is 11.5. The minimum Gasteiger partial charge on any atom is -0.448 e. The molecule has 0 fully saturated rings. The number of nitrogens with zero attached hydrogens (tertiary/aromatic N) is 1. The molecule has 10 nitrogen and oxygen atoms in total. The number of carbonyl (C=O) groups excluding carboxylic acids is 3. The van der Waals surface area contributed by atoms with Crippen molar-refractivity contribution in [2.75, 3.05) is 33.4 Å². The first-order valence-electron chi connectivity index (χ1n) is 21.3. The van der Waals surface area contributed by atoms with Crippen LogP contribution in [0.3, 0.4) is 0 Å². The topological polar surface area (TPSA) is 121 Å². The quantitative estimate of drug-likeness (QED) is 0.0770. The summed E-state index contributed by atoms with van der Waals surface area (Å²) in [5.74, 6) is -0.880. The zero-order valence-electron chi connectivity index (χ0n) is 34.9. The van der Waals surface area contributed by atoms with Crippen molar-refractivity contribution in [2.45, 2.75) is 23.9 Å². The zero-order chi connectivity index (χ0) is 43.7. The molecular formula is C54H43NO9. The molecule has 3 aliphatic rings. The predicted molar refractivity (Wildman–Crippen MR) is 240 cm³/mol. The van der Waals surface area contributed by atoms with Gasteiger partial charge in [0.2, 0.25) is 0 Å². The van der Waals surface area contributed by atoms with Crippen LogP contribution in [-0.2, 0) is 14.2 Å². The number of likely N-dealkylation sites (N-methyl/N-ethyl adjacent to an activating group) is 1. The lowest BCUT2D eigenvalue weighted by Crippen LogP contribution is -2.32. The standard InChI is InChI=1S/C54H43NO9/c1-55(52(57)60-30-46-40-20-8-2-14-34(40)35-15-3-9-21-41(35)46)29-49(56)33-26-27-50(63-53(58)61-31-47-42-22-10-4-16-36(42)37-17-5-11-23-43(37)47)51(28-33)64-54(59)62-32-48-44-24-12-6-18-38(44)39-19-7-13-25-45(39)48/h2-28,46-49,56H,29-32H2,1H3. The Morgan fingerprint density at radius 3 is 1.17 bits per heavy atom. The third-order valence-electron chi connectivity index (χ3n) is 12.5. The molecule has 10 rings (SSSR count). The van der Waals surface area contributed by atoms with E-state index in [1.165, 1.54) is 30.1 Å². The van der Waals surface area contributed by atoms with Crippen molar-refractivity contribution in [3.8, 4) is 44.9 Å². The van der Waals surface area contributed by atoms with Gasteiger partial charge in [0, 0.05) is 24.8 Å². The molecule has 0 bridgehead atoms. The van der Waals surface area contributed by atoms with E-state index in [1.807, 2.05) is 133 Å². The van der Waals surface area contributed by atoms with Gasteiger partial charge in [-0.15, -0.1) is 0 Å². The first-order chi connectivity index (χ1) is 31.3. The summed E-state index contributed by atoms with van der Waals surface area (Å²) in [5.41, 5.74) is 13.1. The van der Waals surface area contributed by atoms with E-state index in [2.05, 4.69) is 12.1 Å². The van der Waals surface area contributed by atoms with E-state index in [9.17, 15) is 19.5 Å². The van der Waals surface area contributed by atoms with Gasteiger partial charge in [0.1, 0.15) is 19.8 Å². The molecule has 0 aliphatic heterocycles. The van der Waals surface area contributed by atoms with Crippen molar-refractivity contribution in [1.29, 1.82) is 0 Å². The zero-order valence-corrected chi connectivity index (χ0v) is 34.9. The number of fused-ring (bicyclic) bond motifs is 9. The Morgan fingerprint density at radius 1 is 0.469 bits per heavy atom. The monoisotopic (exact) mass is 849 g/mol. The van der Waals surface area contributed by atoms with Gasteiger partial charge in [0.05, 0.1) is 12.6 Å². The Labute approximate surface area is 370 Å². The van der Waals surface area contributed by atoms with Gasteiger partial charge in [-0.3, -0.25) is 0 Å². The van der Waals surface area contributed by atoms with E-state index < -0.39 is 24.5 Å². The van der Waals surface area contributed by atoms with Crippen LogP contribution in [0.1, 0.15) is 62.8 Å². The van der Waals surface area contributed by atoms with Crippen molar-refractivity contribution in [1.82, 2.24) is 4.90 Å². The van der Waals surface area contributed by atoms with Crippen molar-refractivity contribution >= 4 is 18.4 Å². The lowest BCUT2D eigenvalue weighted by molar-refractivity contribution is 0.0805. The molecule has 10 heteroatoms. The SMILES string of the molecule is CN(CC(O)c1ccc(OC(=O)OCC2c3ccccc3-c3ccccc32)c(OC(=O)OCC2c3ccccc3-c3ccccc32)c1)C(=O)OCC1c2ccccc2-c2ccccc21. The summed E-state index contributed by atoms with van der Waals surface area (Å²) in [6.45, 7) is -0.0436. The van der Waals surface area contributed by atoms with Crippen LogP contribution in [0.15, 0.2) is 164 Å². The van der Waals surface area contributed by atoms with E-state index in [1.54, 1.807) is 0 Å². The maximum atomic E-state index is 13.5. The van der Waals surface area contributed by atoms with Crippen LogP contribution in [-0.4, -0.2) is 61.8 Å². The van der Waals surface area contributed by atoms with Crippen LogP contribution in [0.2, 0.25) is 0 Å². The van der Waals surface area contributed by atoms with E-state index >= 15 is 0 Å². The lowest BCUT2D eigenvalue weighted by atomic mass is 9.98. The third-order valence-corrected chi connectivity index (χ3v) is 12.5. The summed E-state index contributed by atoms with van der Waals surface area (Å²) in [6, 6.07) is 52.4. The van der Waals surface area contributed by atoms with Crippen molar-refractivity contribution in [3.63, 3.8) is 0 Å². The Balaban J connectivity index is 0.838. The molecule has 1 atom stereocenters. The Hall–Kier alpha value is -7.69. The van der Waals surface area contributed by atoms with Gasteiger partial charge in [0.25, 0.3) is 0 Å². The summed E-state index contributed by atoms with van der Waals surface area (Å²) >= 11 is 0. The van der Waals surface area contributed by atoms with Crippen molar-refractivity contribution in [2.24, 2.45) is 0 Å². The highest BCUT2D eigenvalue weighted by Gasteiger charge is 2.33. The van der Waals surface area contributed by atoms with Crippen LogP contribution < -0.4 is 9.47 Å². The molecule has 0 aromatic heterocycles. The van der Waals surface area contributed by atoms with Gasteiger partial charge in [0.15, 0.2) is 11.5 Å². The summed E-state index contributed by atoms with van der Waals surface area (Å²) in [4.78, 5) is 41.5. The minimum atomic E-state index is -1.25. The van der Waals surface area contributed by atoms with Crippen LogP contribution >= 0.6 is 0 Å². The van der Waals surface area contributed by atoms with E-state index in [0.717, 1.165) is 66.8 Å². The average molecular weight is 850 g/mol. The number of aliphatic hydroxyl groups is 1. The molecule has 1 unspecified atom stereocenters. The molecule has 0 saturated carbocycles. The fourth-order valence-electron chi connectivity index (χ4n) is 9.46. The molecule has 7 aromatic rings. The van der Waals surface area contributed by atoms with Gasteiger partial charge >= 0.3 is 18.4 Å². The molecule has 0 radical (unpaired) electrons. The number of ether oxygens (including phenoxy) is 5. The van der Waals surface area contributed by atoms with Gasteiger partial charge in [-0.25, -0.2) is 14.4 Å². The normalized spacial score (nSPS) is 13.7. The molecule has 3 aliphatic carbocycles. The number of rotatable bonds is 11. The summed E-state index contributed by atoms with van der Waals surface area (Å²) in [6.07, 6.45) is -3.92. The van der Waals surface area contributed by atoms with Crippen LogP contribution in [0.25, 0.3) is 33.4 Å². The smallest absolute Gasteiger partial charge is 0.448 e. The van der Waals surface area contributed by atoms with E-state index in [0.29, 0.717) is 0 Å². The molecule has 0 heterocycles. The Morgan fingerprint density at radius 2 is 0.797 bits per heavy atom. The first kappa shape index (κ1) is 40.4. The fraction of sp³-hybridized carbons (Fsp3) is 0.167. The van der Waals surface area contributed by atoms with E-state index in [-0.39, 0.29) is 61.2 Å². The highest BCUT2D eigenvalue weighted by molar-refractivity contribution is 5.81. The molecule has 0 spiro atoms. The summed E-state index contributed by atoms with van der Waals surface area (Å²) < 4.78 is 28.7. The number of benzene rings is 7. The predicted octanol–water partition coefficient (Wildman–Crippen LogP) is 11.3. The second kappa shape index (κ2) is 17.2.